The molecular weight excluding hydrogens is 455 g/mol. The van der Waals surface area contributed by atoms with E-state index in [-0.39, 0.29) is 29.5 Å². The number of carbonyl (C=O) groups is 5. The lowest BCUT2D eigenvalue weighted by atomic mass is 9.91. The van der Waals surface area contributed by atoms with Gasteiger partial charge in [0.1, 0.15) is 11.9 Å². The minimum atomic E-state index is -1.07. The van der Waals surface area contributed by atoms with Crippen LogP contribution >= 0.6 is 23.4 Å². The smallest absolute Gasteiger partial charge is 0.417 e. The average Bonchev–Trinajstić information content (AvgIpc) is 3.08. The molecule has 3 amide bonds. The van der Waals surface area contributed by atoms with Crippen LogP contribution in [0.4, 0.5) is 19.7 Å². The Kier molecular flexibility index (Phi) is 7.16. The maximum absolute atomic E-state index is 14.8. The fourth-order valence-electron chi connectivity index (χ4n) is 3.67. The molecule has 9 nitrogen and oxygen atoms in total. The van der Waals surface area contributed by atoms with Crippen molar-refractivity contribution in [3.05, 3.63) is 29.6 Å². The van der Waals surface area contributed by atoms with Crippen molar-refractivity contribution >= 4 is 58.0 Å². The maximum Gasteiger partial charge on any atom is 0.417 e. The highest BCUT2D eigenvalue weighted by atomic mass is 35.5. The molecule has 2 aliphatic heterocycles. The van der Waals surface area contributed by atoms with Crippen LogP contribution in [0.5, 0.6) is 0 Å². The number of nitrogens with zero attached hydrogens (tertiary/aromatic N) is 2. The average molecular weight is 477 g/mol. The largest absolute Gasteiger partial charge is 0.442 e. The van der Waals surface area contributed by atoms with Crippen molar-refractivity contribution < 1.29 is 37.8 Å². The van der Waals surface area contributed by atoms with Gasteiger partial charge < -0.3 is 9.47 Å². The molecule has 0 aliphatic carbocycles. The maximum atomic E-state index is 14.8. The summed E-state index contributed by atoms with van der Waals surface area (Å²) in [4.78, 5) is 61.6. The molecule has 170 valence electrons. The number of anilines is 1. The van der Waals surface area contributed by atoms with Crippen LogP contribution in [0.1, 0.15) is 24.8 Å². The third kappa shape index (κ3) is 4.99. The summed E-state index contributed by atoms with van der Waals surface area (Å²) in [5, 5.41) is -0.367. The molecule has 31 heavy (non-hydrogen) atoms. The Balaban J connectivity index is 1.73. The van der Waals surface area contributed by atoms with Gasteiger partial charge in [0.15, 0.2) is 6.07 Å². The number of Topliss-reactive ketones (excluding diaryl/α,β-unsaturated/α-hetero) is 1. The van der Waals surface area contributed by atoms with Crippen LogP contribution in [0.25, 0.3) is 0 Å². The van der Waals surface area contributed by atoms with E-state index < -0.39 is 59.5 Å². The number of benzene rings is 1. The molecule has 2 heterocycles. The SMILES string of the molecule is CC(=O)N(C[C@H]1CN(c2ccc(C3CC[SH4]C(=O)C3=O)c(F)c2)C(=O)O1)C(=O)OCCl. The Bertz CT molecular complexity index is 944. The van der Waals surface area contributed by atoms with Gasteiger partial charge in [-0.2, -0.15) is 0 Å². The summed E-state index contributed by atoms with van der Waals surface area (Å²) in [6, 6.07) is 3.53. The van der Waals surface area contributed by atoms with Gasteiger partial charge in [0.05, 0.1) is 24.7 Å². The first-order valence-electron chi connectivity index (χ1n) is 9.58. The zero-order chi connectivity index (χ0) is 22.7. The van der Waals surface area contributed by atoms with Gasteiger partial charge in [0.2, 0.25) is 16.8 Å². The second kappa shape index (κ2) is 9.65. The van der Waals surface area contributed by atoms with Crippen molar-refractivity contribution in [1.29, 1.82) is 0 Å². The zero-order valence-electron chi connectivity index (χ0n) is 16.6. The predicted molar refractivity (Wildman–Crippen MR) is 114 cm³/mol. The van der Waals surface area contributed by atoms with E-state index in [1.165, 1.54) is 12.1 Å². The molecule has 0 radical (unpaired) electrons. The molecule has 1 unspecified atom stereocenters. The van der Waals surface area contributed by atoms with Crippen LogP contribution in [-0.2, 0) is 23.9 Å². The molecule has 0 saturated carbocycles. The first-order chi connectivity index (χ1) is 14.7. The molecule has 2 atom stereocenters. The molecular formula is C19H22ClFN2O7S. The Morgan fingerprint density at radius 3 is 2.74 bits per heavy atom. The van der Waals surface area contributed by atoms with Crippen molar-refractivity contribution in [2.45, 2.75) is 25.4 Å². The van der Waals surface area contributed by atoms with Gasteiger partial charge in [-0.3, -0.25) is 31.0 Å². The number of rotatable bonds is 5. The molecule has 2 fully saturated rings. The van der Waals surface area contributed by atoms with Gasteiger partial charge in [-0.1, -0.05) is 17.7 Å². The highest BCUT2D eigenvalue weighted by molar-refractivity contribution is 8.15. The van der Waals surface area contributed by atoms with Crippen LogP contribution in [-0.4, -0.2) is 64.9 Å². The minimum absolute atomic E-state index is 0.0397. The first kappa shape index (κ1) is 23.0. The van der Waals surface area contributed by atoms with Crippen molar-refractivity contribution in [2.75, 3.05) is 29.8 Å². The molecule has 3 rings (SSSR count). The fraction of sp³-hybridized carbons (Fsp3) is 0.421. The number of hydrogen-bond acceptors (Lipinski definition) is 7. The molecule has 1 aromatic rings. The van der Waals surface area contributed by atoms with Gasteiger partial charge in [-0.25, -0.2) is 18.9 Å². The van der Waals surface area contributed by atoms with Crippen molar-refractivity contribution in [1.82, 2.24) is 4.90 Å². The van der Waals surface area contributed by atoms with E-state index in [9.17, 15) is 28.4 Å². The second-order valence-corrected chi connectivity index (χ2v) is 9.27. The molecule has 2 aliphatic rings. The number of hydrogen-bond donors (Lipinski definition) is 0. The van der Waals surface area contributed by atoms with E-state index in [1.54, 1.807) is 0 Å². The molecule has 0 N–H and O–H groups in total. The van der Waals surface area contributed by atoms with E-state index >= 15 is 0 Å². The third-order valence-corrected chi connectivity index (χ3v) is 6.87. The van der Waals surface area contributed by atoms with E-state index in [0.717, 1.165) is 22.8 Å². The number of carbonyl (C=O) groups excluding carboxylic acids is 5. The molecule has 0 aromatic heterocycles. The first-order valence-corrected chi connectivity index (χ1v) is 11.8. The van der Waals surface area contributed by atoms with Gasteiger partial charge in [-0.05, 0) is 29.9 Å². The molecule has 12 heteroatoms. The summed E-state index contributed by atoms with van der Waals surface area (Å²) in [7, 11) is 0. The van der Waals surface area contributed by atoms with E-state index in [0.29, 0.717) is 12.2 Å². The number of alkyl halides is 1. The summed E-state index contributed by atoms with van der Waals surface area (Å²) in [6.07, 6.45) is -2.16. The third-order valence-electron chi connectivity index (χ3n) is 5.20. The van der Waals surface area contributed by atoms with Crippen LogP contribution in [0.3, 0.4) is 0 Å². The molecule has 0 spiro atoms. The quantitative estimate of drug-likeness (QED) is 0.468. The van der Waals surface area contributed by atoms with Gasteiger partial charge in [0, 0.05) is 6.92 Å². The van der Waals surface area contributed by atoms with E-state index in [2.05, 4.69) is 4.74 Å². The van der Waals surface area contributed by atoms with Crippen molar-refractivity contribution in [2.24, 2.45) is 0 Å². The second-order valence-electron chi connectivity index (χ2n) is 7.20. The van der Waals surface area contributed by atoms with Crippen LogP contribution < -0.4 is 4.90 Å². The monoisotopic (exact) mass is 476 g/mol. The molecule has 0 bridgehead atoms. The highest BCUT2D eigenvalue weighted by Crippen LogP contribution is 2.33. The lowest BCUT2D eigenvalue weighted by Gasteiger charge is -2.23. The molecule has 1 aromatic carbocycles. The van der Waals surface area contributed by atoms with Crippen LogP contribution in [0, 0.1) is 5.82 Å². The highest BCUT2D eigenvalue weighted by Gasteiger charge is 2.37. The Morgan fingerprint density at radius 1 is 1.35 bits per heavy atom. The van der Waals surface area contributed by atoms with E-state index in [1.807, 2.05) is 0 Å². The molecule has 2 saturated heterocycles. The summed E-state index contributed by atoms with van der Waals surface area (Å²) < 4.78 is 24.5. The summed E-state index contributed by atoms with van der Waals surface area (Å²) in [6.45, 7) is 0.857. The predicted octanol–water partition coefficient (Wildman–Crippen LogP) is 1.58. The van der Waals surface area contributed by atoms with E-state index in [4.69, 9.17) is 16.3 Å². The zero-order valence-corrected chi connectivity index (χ0v) is 18.8. The van der Waals surface area contributed by atoms with Gasteiger partial charge >= 0.3 is 12.2 Å². The number of ketones is 1. The van der Waals surface area contributed by atoms with Gasteiger partial charge in [0.25, 0.3) is 0 Å². The van der Waals surface area contributed by atoms with Gasteiger partial charge in [-0.15, -0.1) is 0 Å². The normalized spacial score (nSPS) is 21.4. The Labute approximate surface area is 185 Å². The van der Waals surface area contributed by atoms with Crippen molar-refractivity contribution in [3.8, 4) is 0 Å². The lowest BCUT2D eigenvalue weighted by Crippen LogP contribution is -2.42. The number of ether oxygens (including phenoxy) is 2. The Hall–Kier alpha value is -2.66. The Morgan fingerprint density at radius 2 is 2.10 bits per heavy atom. The summed E-state index contributed by atoms with van der Waals surface area (Å²) in [5.41, 5.74) is 0.321. The number of imide groups is 1. The van der Waals surface area contributed by atoms with Crippen LogP contribution in [0.15, 0.2) is 18.2 Å². The topological polar surface area (TPSA) is 110 Å². The lowest BCUT2D eigenvalue weighted by molar-refractivity contribution is -0.133. The van der Waals surface area contributed by atoms with Crippen molar-refractivity contribution in [3.63, 3.8) is 0 Å². The standard InChI is InChI=1S/C19H22ClFN2O7S/c1-10(24)22(18(27)29-9-20)7-12-8-23(19(28)30-12)11-2-3-13(15(21)6-11)14-4-5-31-17(26)16(14)25/h2-3,6,12,14H,4-5,7-9H2,1H3,31H4/t12-,14?/m0/s1. The number of halogens is 2. The van der Waals surface area contributed by atoms with Crippen LogP contribution in [0.2, 0.25) is 0 Å². The number of cyclic esters (lactones) is 1. The minimum Gasteiger partial charge on any atom is -0.442 e. The number of amides is 3. The summed E-state index contributed by atoms with van der Waals surface area (Å²) in [5.74, 6) is -2.00. The fourth-order valence-corrected chi connectivity index (χ4v) is 5.19. The summed E-state index contributed by atoms with van der Waals surface area (Å²) >= 11 is 4.27.